The molecule has 1 amide bonds. The fourth-order valence-electron chi connectivity index (χ4n) is 1.14. The molecule has 0 radical (unpaired) electrons. The molecule has 17 heavy (non-hydrogen) atoms. The van der Waals surface area contributed by atoms with Crippen molar-refractivity contribution in [2.45, 2.75) is 6.43 Å². The van der Waals surface area contributed by atoms with Crippen LogP contribution in [0.25, 0.3) is 0 Å². The second-order valence-corrected chi connectivity index (χ2v) is 2.87. The number of carbonyl (C=O) groups excluding carboxylic acids is 1. The molecular weight excluding hydrogens is 240 g/mol. The van der Waals surface area contributed by atoms with E-state index in [1.165, 1.54) is 0 Å². The van der Waals surface area contributed by atoms with E-state index in [4.69, 9.17) is 5.73 Å². The predicted molar refractivity (Wildman–Crippen MR) is 50.9 cm³/mol. The van der Waals surface area contributed by atoms with Crippen LogP contribution >= 0.6 is 0 Å². The molecule has 0 spiro atoms. The number of alkyl halides is 2. The minimum Gasteiger partial charge on any atom is -0.494 e. The van der Waals surface area contributed by atoms with Gasteiger partial charge in [-0.1, -0.05) is 0 Å². The summed E-state index contributed by atoms with van der Waals surface area (Å²) in [6, 6.07) is 0.689. The number of hydrogen-bond donors (Lipinski definition) is 1. The van der Waals surface area contributed by atoms with Crippen LogP contribution in [0.1, 0.15) is 22.6 Å². The molecule has 0 fully saturated rings. The second kappa shape index (κ2) is 4.68. The Balaban J connectivity index is 3.53. The quantitative estimate of drug-likeness (QED) is 0.631. The Bertz CT molecular complexity index is 478. The highest BCUT2D eigenvalue weighted by molar-refractivity contribution is 5.94. The SMILES string of the molecule is COc1cc([N+](=O)[O-])c(C(F)F)nc1C(N)=O. The van der Waals surface area contributed by atoms with Gasteiger partial charge in [0, 0.05) is 0 Å². The highest BCUT2D eigenvalue weighted by Crippen LogP contribution is 2.31. The van der Waals surface area contributed by atoms with E-state index in [2.05, 4.69) is 9.72 Å². The van der Waals surface area contributed by atoms with Gasteiger partial charge in [0.1, 0.15) is 0 Å². The van der Waals surface area contributed by atoms with E-state index in [0.29, 0.717) is 6.07 Å². The third-order valence-electron chi connectivity index (χ3n) is 1.85. The molecule has 0 atom stereocenters. The molecule has 0 aromatic carbocycles. The standard InChI is InChI=1S/C8H7F2N3O4/c1-17-4-2-3(13(15)16)5(7(9)10)12-6(4)8(11)14/h2,7H,1H3,(H2,11,14). The van der Waals surface area contributed by atoms with Crippen molar-refractivity contribution >= 4 is 11.6 Å². The van der Waals surface area contributed by atoms with E-state index in [1.807, 2.05) is 0 Å². The summed E-state index contributed by atoms with van der Waals surface area (Å²) in [6.07, 6.45) is -3.19. The first-order valence-electron chi connectivity index (χ1n) is 4.19. The smallest absolute Gasteiger partial charge is 0.300 e. The molecule has 1 aromatic heterocycles. The summed E-state index contributed by atoms with van der Waals surface area (Å²) in [5.74, 6) is -1.44. The third-order valence-corrected chi connectivity index (χ3v) is 1.85. The maximum absolute atomic E-state index is 12.5. The number of carbonyl (C=O) groups is 1. The largest absolute Gasteiger partial charge is 0.494 e. The van der Waals surface area contributed by atoms with Gasteiger partial charge in [-0.2, -0.15) is 0 Å². The van der Waals surface area contributed by atoms with Gasteiger partial charge in [0.2, 0.25) is 0 Å². The Morgan fingerprint density at radius 3 is 2.59 bits per heavy atom. The van der Waals surface area contributed by atoms with Crippen molar-refractivity contribution in [2.24, 2.45) is 5.73 Å². The minimum absolute atomic E-state index is 0.325. The monoisotopic (exact) mass is 247 g/mol. The first kappa shape index (κ1) is 12.7. The number of rotatable bonds is 4. The van der Waals surface area contributed by atoms with Crippen LogP contribution in [0.2, 0.25) is 0 Å². The van der Waals surface area contributed by atoms with Crippen LogP contribution in [-0.4, -0.2) is 22.9 Å². The minimum atomic E-state index is -3.19. The Morgan fingerprint density at radius 1 is 1.65 bits per heavy atom. The summed E-state index contributed by atoms with van der Waals surface area (Å²) in [7, 11) is 1.11. The molecule has 0 unspecified atom stereocenters. The van der Waals surface area contributed by atoms with Gasteiger partial charge in [-0.3, -0.25) is 14.9 Å². The number of hydrogen-bond acceptors (Lipinski definition) is 5. The molecule has 0 aliphatic rings. The molecule has 2 N–H and O–H groups in total. The number of aromatic nitrogens is 1. The number of primary amides is 1. The van der Waals surface area contributed by atoms with Gasteiger partial charge in [0.25, 0.3) is 18.0 Å². The van der Waals surface area contributed by atoms with Crippen molar-refractivity contribution < 1.29 is 23.2 Å². The number of amides is 1. The number of pyridine rings is 1. The zero-order chi connectivity index (χ0) is 13.2. The van der Waals surface area contributed by atoms with Gasteiger partial charge in [-0.25, -0.2) is 13.8 Å². The molecular formula is C8H7F2N3O4. The normalized spacial score (nSPS) is 10.4. The van der Waals surface area contributed by atoms with Crippen LogP contribution in [0, 0.1) is 10.1 Å². The number of methoxy groups -OCH3 is 1. The molecule has 0 saturated heterocycles. The van der Waals surface area contributed by atoms with Crippen LogP contribution in [0.5, 0.6) is 5.75 Å². The maximum atomic E-state index is 12.5. The van der Waals surface area contributed by atoms with E-state index in [9.17, 15) is 23.7 Å². The number of halogens is 2. The van der Waals surface area contributed by atoms with Crippen molar-refractivity contribution in [1.82, 2.24) is 4.98 Å². The summed E-state index contributed by atoms with van der Waals surface area (Å²) in [5, 5.41) is 10.5. The van der Waals surface area contributed by atoms with Crippen molar-refractivity contribution in [2.75, 3.05) is 7.11 Å². The third kappa shape index (κ3) is 2.44. The van der Waals surface area contributed by atoms with Crippen LogP contribution in [-0.2, 0) is 0 Å². The number of ether oxygens (including phenoxy) is 1. The molecule has 1 heterocycles. The maximum Gasteiger partial charge on any atom is 0.300 e. The fourth-order valence-corrected chi connectivity index (χ4v) is 1.14. The lowest BCUT2D eigenvalue weighted by Crippen LogP contribution is -2.16. The average molecular weight is 247 g/mol. The predicted octanol–water partition coefficient (Wildman–Crippen LogP) is 1.03. The first-order valence-corrected chi connectivity index (χ1v) is 4.19. The van der Waals surface area contributed by atoms with Crippen LogP contribution in [0.15, 0.2) is 6.07 Å². The lowest BCUT2D eigenvalue weighted by atomic mass is 10.2. The topological polar surface area (TPSA) is 108 Å². The van der Waals surface area contributed by atoms with E-state index in [0.717, 1.165) is 7.11 Å². The Hall–Kier alpha value is -2.32. The molecule has 7 nitrogen and oxygen atoms in total. The lowest BCUT2D eigenvalue weighted by molar-refractivity contribution is -0.386. The summed E-state index contributed by atoms with van der Waals surface area (Å²) >= 11 is 0. The summed E-state index contributed by atoms with van der Waals surface area (Å²) < 4.78 is 29.6. The van der Waals surface area contributed by atoms with Gasteiger partial charge in [0.15, 0.2) is 17.1 Å². The van der Waals surface area contributed by atoms with Gasteiger partial charge >= 0.3 is 0 Å². The van der Waals surface area contributed by atoms with Crippen LogP contribution in [0.4, 0.5) is 14.5 Å². The van der Waals surface area contributed by atoms with Gasteiger partial charge in [-0.05, 0) is 0 Å². The van der Waals surface area contributed by atoms with Gasteiger partial charge in [-0.15, -0.1) is 0 Å². The van der Waals surface area contributed by atoms with Gasteiger partial charge < -0.3 is 10.5 Å². The van der Waals surface area contributed by atoms with Crippen LogP contribution < -0.4 is 10.5 Å². The molecule has 0 aliphatic heterocycles. The molecule has 92 valence electrons. The van der Waals surface area contributed by atoms with Crippen molar-refractivity contribution in [3.8, 4) is 5.75 Å². The fraction of sp³-hybridized carbons (Fsp3) is 0.250. The van der Waals surface area contributed by atoms with E-state index in [-0.39, 0.29) is 5.75 Å². The number of nitrogens with two attached hydrogens (primary N) is 1. The molecule has 0 bridgehead atoms. The highest BCUT2D eigenvalue weighted by atomic mass is 19.3. The lowest BCUT2D eigenvalue weighted by Gasteiger charge is -2.07. The Labute approximate surface area is 93.3 Å². The van der Waals surface area contributed by atoms with E-state index in [1.54, 1.807) is 0 Å². The molecule has 1 aromatic rings. The average Bonchev–Trinajstić information content (AvgIpc) is 2.26. The summed E-state index contributed by atoms with van der Waals surface area (Å²) in [6.45, 7) is 0. The van der Waals surface area contributed by atoms with E-state index >= 15 is 0 Å². The molecule has 0 saturated carbocycles. The van der Waals surface area contributed by atoms with Crippen molar-refractivity contribution in [1.29, 1.82) is 0 Å². The number of nitrogens with zero attached hydrogens (tertiary/aromatic N) is 2. The Morgan fingerprint density at radius 2 is 2.24 bits per heavy atom. The zero-order valence-electron chi connectivity index (χ0n) is 8.52. The summed E-state index contributed by atoms with van der Waals surface area (Å²) in [4.78, 5) is 23.6. The molecule has 9 heteroatoms. The number of nitro groups is 1. The van der Waals surface area contributed by atoms with Crippen molar-refractivity contribution in [3.05, 3.63) is 27.6 Å². The zero-order valence-corrected chi connectivity index (χ0v) is 8.52. The van der Waals surface area contributed by atoms with Gasteiger partial charge in [0.05, 0.1) is 18.1 Å². The summed E-state index contributed by atoms with van der Waals surface area (Å²) in [5.41, 5.74) is 2.26. The second-order valence-electron chi connectivity index (χ2n) is 2.87. The highest BCUT2D eigenvalue weighted by Gasteiger charge is 2.28. The molecule has 1 rings (SSSR count). The molecule has 0 aliphatic carbocycles. The Kier molecular flexibility index (Phi) is 3.51. The first-order chi connectivity index (χ1) is 7.88. The van der Waals surface area contributed by atoms with Crippen LogP contribution in [0.3, 0.4) is 0 Å². The van der Waals surface area contributed by atoms with Crippen molar-refractivity contribution in [3.63, 3.8) is 0 Å². The van der Waals surface area contributed by atoms with E-state index < -0.39 is 34.3 Å².